The molecule has 1 aliphatic carbocycles. The Morgan fingerprint density at radius 3 is 2.41 bits per heavy atom. The Morgan fingerprint density at radius 1 is 1.27 bits per heavy atom. The summed E-state index contributed by atoms with van der Waals surface area (Å²) in [7, 11) is 0. The van der Waals surface area contributed by atoms with Crippen molar-refractivity contribution in [3.63, 3.8) is 0 Å². The maximum absolute atomic E-state index is 11.7. The highest BCUT2D eigenvalue weighted by Gasteiger charge is 2.38. The molecule has 0 aliphatic heterocycles. The summed E-state index contributed by atoms with van der Waals surface area (Å²) in [5.74, 6) is 0.361. The average Bonchev–Trinajstić information content (AvgIpc) is 3.09. The molecule has 5 heteroatoms. The number of carbonyl (C=O) groups excluding carboxylic acids is 1. The van der Waals surface area contributed by atoms with Gasteiger partial charge in [-0.05, 0) is 57.7 Å². The molecule has 22 heavy (non-hydrogen) atoms. The third kappa shape index (κ3) is 4.63. The monoisotopic (exact) mass is 306 g/mol. The van der Waals surface area contributed by atoms with Crippen LogP contribution in [-0.2, 0) is 11.3 Å². The highest BCUT2D eigenvalue weighted by atomic mass is 16.6. The summed E-state index contributed by atoms with van der Waals surface area (Å²) in [6.07, 6.45) is 0.549. The van der Waals surface area contributed by atoms with Gasteiger partial charge in [-0.2, -0.15) is 0 Å². The maximum atomic E-state index is 11.7. The van der Waals surface area contributed by atoms with Gasteiger partial charge in [0.15, 0.2) is 0 Å². The second kappa shape index (κ2) is 6.16. The van der Waals surface area contributed by atoms with Crippen LogP contribution < -0.4 is 10.6 Å². The molecule has 2 unspecified atom stereocenters. The van der Waals surface area contributed by atoms with Crippen molar-refractivity contribution < 1.29 is 14.6 Å². The number of phenols is 1. The standard InChI is InChI=1S/C17H26N2O3/c1-10-6-12(7-11(2)15(10)20)9-18-13-8-14(13)19-16(21)22-17(3,4)5/h6-7,13-14,18,20H,8-9H2,1-5H3,(H,19,21). The molecule has 5 nitrogen and oxygen atoms in total. The zero-order valence-corrected chi connectivity index (χ0v) is 14.0. The first-order chi connectivity index (χ1) is 10.2. The second-order valence-electron chi connectivity index (χ2n) is 7.05. The molecular formula is C17H26N2O3. The Balaban J connectivity index is 1.77. The van der Waals surface area contributed by atoms with Crippen LogP contribution in [0, 0.1) is 13.8 Å². The van der Waals surface area contributed by atoms with E-state index in [9.17, 15) is 9.90 Å². The van der Waals surface area contributed by atoms with Crippen LogP contribution in [0.15, 0.2) is 12.1 Å². The molecule has 1 aromatic rings. The van der Waals surface area contributed by atoms with Gasteiger partial charge in [0.1, 0.15) is 11.4 Å². The molecule has 0 spiro atoms. The second-order valence-corrected chi connectivity index (χ2v) is 7.05. The molecule has 1 saturated carbocycles. The lowest BCUT2D eigenvalue weighted by Gasteiger charge is -2.19. The number of hydrogen-bond acceptors (Lipinski definition) is 4. The highest BCUT2D eigenvalue weighted by Crippen LogP contribution is 2.25. The lowest BCUT2D eigenvalue weighted by Crippen LogP contribution is -2.36. The van der Waals surface area contributed by atoms with Gasteiger partial charge in [-0.3, -0.25) is 0 Å². The molecule has 1 aliphatic rings. The minimum absolute atomic E-state index is 0.133. The topological polar surface area (TPSA) is 70.6 Å². The van der Waals surface area contributed by atoms with Crippen LogP contribution in [0.4, 0.5) is 4.79 Å². The van der Waals surface area contributed by atoms with E-state index >= 15 is 0 Å². The lowest BCUT2D eigenvalue weighted by molar-refractivity contribution is 0.0522. The zero-order valence-electron chi connectivity index (χ0n) is 14.0. The van der Waals surface area contributed by atoms with E-state index in [1.165, 1.54) is 0 Å². The van der Waals surface area contributed by atoms with Crippen molar-refractivity contribution in [3.8, 4) is 5.75 Å². The quantitative estimate of drug-likeness (QED) is 0.800. The van der Waals surface area contributed by atoms with E-state index in [1.807, 2.05) is 46.8 Å². The van der Waals surface area contributed by atoms with Gasteiger partial charge >= 0.3 is 6.09 Å². The molecule has 0 radical (unpaired) electrons. The number of benzene rings is 1. The predicted octanol–water partition coefficient (Wildman–Crippen LogP) is 2.76. The number of nitrogens with one attached hydrogen (secondary N) is 2. The molecule has 1 fully saturated rings. The van der Waals surface area contributed by atoms with Crippen molar-refractivity contribution in [1.29, 1.82) is 0 Å². The smallest absolute Gasteiger partial charge is 0.407 e. The Bertz CT molecular complexity index is 541. The van der Waals surface area contributed by atoms with E-state index in [2.05, 4.69) is 10.6 Å². The van der Waals surface area contributed by atoms with E-state index in [0.717, 1.165) is 29.7 Å². The Kier molecular flexibility index (Phi) is 4.66. The Labute approximate surface area is 132 Å². The fourth-order valence-corrected chi connectivity index (χ4v) is 2.44. The predicted molar refractivity (Wildman–Crippen MR) is 86.0 cm³/mol. The molecule has 0 bridgehead atoms. The van der Waals surface area contributed by atoms with Crippen LogP contribution in [0.1, 0.15) is 43.9 Å². The zero-order chi connectivity index (χ0) is 16.5. The van der Waals surface area contributed by atoms with Gasteiger partial charge in [0.25, 0.3) is 0 Å². The molecule has 2 atom stereocenters. The van der Waals surface area contributed by atoms with E-state index in [-0.39, 0.29) is 18.2 Å². The number of aromatic hydroxyl groups is 1. The Morgan fingerprint density at radius 2 is 1.86 bits per heavy atom. The lowest BCUT2D eigenvalue weighted by atomic mass is 10.1. The summed E-state index contributed by atoms with van der Waals surface area (Å²) < 4.78 is 5.24. The minimum atomic E-state index is -0.469. The minimum Gasteiger partial charge on any atom is -0.507 e. The molecule has 1 aromatic carbocycles. The third-order valence-corrected chi connectivity index (χ3v) is 3.61. The van der Waals surface area contributed by atoms with Crippen molar-refractivity contribution in [1.82, 2.24) is 10.6 Å². The number of ether oxygens (including phenoxy) is 1. The van der Waals surface area contributed by atoms with E-state index in [1.54, 1.807) is 0 Å². The van der Waals surface area contributed by atoms with Crippen molar-refractivity contribution in [2.24, 2.45) is 0 Å². The van der Waals surface area contributed by atoms with Gasteiger partial charge in [0.05, 0.1) is 0 Å². The summed E-state index contributed by atoms with van der Waals surface area (Å²) in [4.78, 5) is 11.7. The summed E-state index contributed by atoms with van der Waals surface area (Å²) in [5, 5.41) is 16.1. The fourth-order valence-electron chi connectivity index (χ4n) is 2.44. The largest absolute Gasteiger partial charge is 0.507 e. The Hall–Kier alpha value is -1.75. The first-order valence-corrected chi connectivity index (χ1v) is 7.67. The van der Waals surface area contributed by atoms with Crippen LogP contribution in [-0.4, -0.2) is 28.9 Å². The fraction of sp³-hybridized carbons (Fsp3) is 0.588. The number of amides is 1. The van der Waals surface area contributed by atoms with Crippen molar-refractivity contribution in [2.45, 2.75) is 65.3 Å². The van der Waals surface area contributed by atoms with Gasteiger partial charge < -0.3 is 20.5 Å². The number of alkyl carbamates (subject to hydrolysis) is 1. The van der Waals surface area contributed by atoms with Crippen molar-refractivity contribution in [3.05, 3.63) is 28.8 Å². The van der Waals surface area contributed by atoms with Gasteiger partial charge in [0, 0.05) is 18.6 Å². The van der Waals surface area contributed by atoms with Crippen molar-refractivity contribution in [2.75, 3.05) is 0 Å². The molecule has 0 heterocycles. The van der Waals surface area contributed by atoms with Crippen LogP contribution in [0.5, 0.6) is 5.75 Å². The van der Waals surface area contributed by atoms with Crippen molar-refractivity contribution >= 4 is 6.09 Å². The van der Waals surface area contributed by atoms with Crippen LogP contribution in [0.3, 0.4) is 0 Å². The molecule has 0 aromatic heterocycles. The first kappa shape index (κ1) is 16.6. The molecule has 2 rings (SSSR count). The summed E-state index contributed by atoms with van der Waals surface area (Å²) in [5.41, 5.74) is 2.44. The normalized spacial score (nSPS) is 20.6. The van der Waals surface area contributed by atoms with E-state index < -0.39 is 5.60 Å². The van der Waals surface area contributed by atoms with Crippen LogP contribution in [0.2, 0.25) is 0 Å². The summed E-state index contributed by atoms with van der Waals surface area (Å²) in [6, 6.07) is 4.37. The highest BCUT2D eigenvalue weighted by molar-refractivity contribution is 5.68. The molecule has 3 N–H and O–H groups in total. The SMILES string of the molecule is Cc1cc(CNC2CC2NC(=O)OC(C)(C)C)cc(C)c1O. The summed E-state index contributed by atoms with van der Waals surface area (Å²) >= 11 is 0. The first-order valence-electron chi connectivity index (χ1n) is 7.67. The van der Waals surface area contributed by atoms with Gasteiger partial charge in [-0.25, -0.2) is 4.79 Å². The summed E-state index contributed by atoms with van der Waals surface area (Å²) in [6.45, 7) is 10.1. The number of hydrogen-bond donors (Lipinski definition) is 3. The molecular weight excluding hydrogens is 280 g/mol. The van der Waals surface area contributed by atoms with Gasteiger partial charge in [-0.15, -0.1) is 0 Å². The van der Waals surface area contributed by atoms with Crippen LogP contribution >= 0.6 is 0 Å². The molecule has 1 amide bonds. The number of phenolic OH excluding ortho intramolecular Hbond substituents is 1. The molecule has 122 valence electrons. The van der Waals surface area contributed by atoms with Gasteiger partial charge in [-0.1, -0.05) is 12.1 Å². The molecule has 0 saturated heterocycles. The average molecular weight is 306 g/mol. The number of aryl methyl sites for hydroxylation is 2. The third-order valence-electron chi connectivity index (χ3n) is 3.61. The number of rotatable bonds is 4. The van der Waals surface area contributed by atoms with Gasteiger partial charge in [0.2, 0.25) is 0 Å². The van der Waals surface area contributed by atoms with E-state index in [4.69, 9.17) is 4.74 Å². The van der Waals surface area contributed by atoms with E-state index in [0.29, 0.717) is 5.75 Å². The number of carbonyl (C=O) groups is 1. The van der Waals surface area contributed by atoms with Crippen LogP contribution in [0.25, 0.3) is 0 Å². The maximum Gasteiger partial charge on any atom is 0.407 e.